The van der Waals surface area contributed by atoms with E-state index in [9.17, 15) is 4.79 Å². The number of hydrogen-bond acceptors (Lipinski definition) is 1. The average Bonchev–Trinajstić information content (AvgIpc) is 3.19. The maximum atomic E-state index is 12.5. The second kappa shape index (κ2) is 13.2. The van der Waals surface area contributed by atoms with E-state index in [1.165, 1.54) is 32.1 Å². The molecule has 0 bridgehead atoms. The van der Waals surface area contributed by atoms with Crippen molar-refractivity contribution < 1.29 is 4.79 Å². The normalized spacial score (nSPS) is 10.5. The number of benzene rings is 2. The number of nitrogens with one attached hydrogen (secondary N) is 2. The van der Waals surface area contributed by atoms with Crippen molar-refractivity contribution in [1.29, 1.82) is 0 Å². The summed E-state index contributed by atoms with van der Waals surface area (Å²) in [5.74, 6) is 0. The first-order chi connectivity index (χ1) is 14.8. The van der Waals surface area contributed by atoms with Crippen molar-refractivity contribution in [2.24, 2.45) is 0 Å². The maximum absolute atomic E-state index is 12.5. The van der Waals surface area contributed by atoms with Crippen LogP contribution in [0.4, 0.5) is 10.5 Å². The third-order valence-corrected chi connectivity index (χ3v) is 6.29. The van der Waals surface area contributed by atoms with E-state index >= 15 is 0 Å². The molecule has 3 unspecified atom stereocenters. The Bertz CT molecular complexity index is 960. The smallest absolute Gasteiger partial charge is 0.321 e. The van der Waals surface area contributed by atoms with E-state index in [0.29, 0.717) is 6.54 Å². The van der Waals surface area contributed by atoms with Gasteiger partial charge in [-0.05, 0) is 57.2 Å². The number of hydrogen-bond donors (Lipinski definition) is 2. The van der Waals surface area contributed by atoms with Crippen LogP contribution in [0, 0.1) is 0 Å². The number of aromatic nitrogens is 1. The summed E-state index contributed by atoms with van der Waals surface area (Å²) in [6.07, 6.45) is 8.93. The molecule has 2 amide bonds. The lowest BCUT2D eigenvalue weighted by Gasteiger charge is -2.20. The summed E-state index contributed by atoms with van der Waals surface area (Å²) in [6.45, 7) is 5.04. The van der Waals surface area contributed by atoms with Gasteiger partial charge in [-0.25, -0.2) is 4.79 Å². The maximum Gasteiger partial charge on any atom is 0.321 e. The van der Waals surface area contributed by atoms with Crippen molar-refractivity contribution in [3.8, 4) is 0 Å². The molecule has 0 aliphatic rings. The topological polar surface area (TPSA) is 48.1 Å². The average molecular weight is 475 g/mol. The van der Waals surface area contributed by atoms with Crippen LogP contribution in [0.2, 0.25) is 0 Å². The molecule has 31 heavy (non-hydrogen) atoms. The number of nitrogens with zero attached hydrogens (tertiary/aromatic N) is 1. The molecule has 2 aromatic carbocycles. The van der Waals surface area contributed by atoms with E-state index in [4.69, 9.17) is 0 Å². The van der Waals surface area contributed by atoms with E-state index in [-0.39, 0.29) is 6.03 Å². The molecular weight excluding hydrogens is 439 g/mol. The van der Waals surface area contributed by atoms with Gasteiger partial charge in [0.15, 0.2) is 0 Å². The predicted molar refractivity (Wildman–Crippen MR) is 148 cm³/mol. The highest BCUT2D eigenvalue weighted by atomic mass is 31.0. The van der Waals surface area contributed by atoms with E-state index in [1.54, 1.807) is 11.9 Å². The lowest BCUT2D eigenvalue weighted by Crippen LogP contribution is -2.34. The predicted octanol–water partition coefficient (Wildman–Crippen LogP) is 5.31. The lowest BCUT2D eigenvalue weighted by molar-refractivity contribution is 0.221. The molecule has 0 fully saturated rings. The quantitative estimate of drug-likeness (QED) is 0.353. The van der Waals surface area contributed by atoms with Crippen molar-refractivity contribution in [1.82, 2.24) is 9.88 Å². The number of carbonyl (C=O) groups excluding carboxylic acids is 1. The molecule has 7 heteroatoms. The number of urea groups is 1. The van der Waals surface area contributed by atoms with E-state index < -0.39 is 0 Å². The number of rotatable bonds is 7. The van der Waals surface area contributed by atoms with Crippen LogP contribution < -0.4 is 21.2 Å². The third kappa shape index (κ3) is 8.19. The van der Waals surface area contributed by atoms with Gasteiger partial charge in [0.05, 0.1) is 5.69 Å². The Labute approximate surface area is 193 Å². The van der Waals surface area contributed by atoms with Crippen LogP contribution in [0.3, 0.4) is 0 Å². The zero-order chi connectivity index (χ0) is 22.8. The number of H-pyrrole nitrogens is 1. The SMILES string of the molecule is CCCCCCC.CN(Cc1ccc2[nH]ccc2c1)C(=O)Nc1c(P)cc(P)cc1P. The molecule has 0 saturated carbocycles. The summed E-state index contributed by atoms with van der Waals surface area (Å²) in [4.78, 5) is 17.4. The van der Waals surface area contributed by atoms with E-state index in [0.717, 1.165) is 38.1 Å². The van der Waals surface area contributed by atoms with Crippen LogP contribution >= 0.6 is 27.7 Å². The third-order valence-electron chi connectivity index (χ3n) is 5.04. The van der Waals surface area contributed by atoms with Crippen molar-refractivity contribution in [2.45, 2.75) is 52.5 Å². The van der Waals surface area contributed by atoms with Gasteiger partial charge in [-0.1, -0.05) is 52.0 Å². The minimum Gasteiger partial charge on any atom is -0.361 e. The molecule has 2 N–H and O–H groups in total. The summed E-state index contributed by atoms with van der Waals surface area (Å²) in [7, 11) is 9.79. The minimum atomic E-state index is -0.131. The second-order valence-corrected chi connectivity index (χ2v) is 9.73. The molecule has 3 aromatic rings. The standard InChI is InChI=1S/C17H20N3OP3.C7H16/c1-20(9-10-2-3-13-11(6-10)4-5-18-13)17(21)19-16-14(23)7-12(22)8-15(16)24;1-3-5-7-6-4-2/h2-8,18H,9,22-24H2,1H3,(H,19,21);3-7H2,1-2H3. The highest BCUT2D eigenvalue weighted by Gasteiger charge is 2.13. The number of anilines is 1. The Morgan fingerprint density at radius 1 is 0.968 bits per heavy atom. The van der Waals surface area contributed by atoms with E-state index in [1.807, 2.05) is 36.5 Å². The minimum absolute atomic E-state index is 0.131. The van der Waals surface area contributed by atoms with Crippen molar-refractivity contribution >= 4 is 66.3 Å². The molecule has 3 rings (SSSR count). The monoisotopic (exact) mass is 475 g/mol. The molecule has 3 atom stereocenters. The first-order valence-electron chi connectivity index (χ1n) is 10.9. The first kappa shape index (κ1) is 25.8. The Balaban J connectivity index is 0.000000423. The van der Waals surface area contributed by atoms with Gasteiger partial charge in [0.2, 0.25) is 0 Å². The summed E-state index contributed by atoms with van der Waals surface area (Å²) < 4.78 is 0. The highest BCUT2D eigenvalue weighted by Crippen LogP contribution is 2.16. The zero-order valence-electron chi connectivity index (χ0n) is 18.9. The number of unbranched alkanes of at least 4 members (excludes halogenated alkanes) is 4. The Morgan fingerprint density at radius 2 is 1.61 bits per heavy atom. The first-order valence-corrected chi connectivity index (χ1v) is 12.6. The fourth-order valence-electron chi connectivity index (χ4n) is 3.28. The van der Waals surface area contributed by atoms with Crippen molar-refractivity contribution in [3.05, 3.63) is 48.2 Å². The van der Waals surface area contributed by atoms with Gasteiger partial charge in [-0.2, -0.15) is 0 Å². The molecule has 168 valence electrons. The van der Waals surface area contributed by atoms with Gasteiger partial charge in [-0.3, -0.25) is 0 Å². The largest absolute Gasteiger partial charge is 0.361 e. The van der Waals surface area contributed by atoms with Crippen LogP contribution in [0.25, 0.3) is 10.9 Å². The van der Waals surface area contributed by atoms with Crippen LogP contribution in [0.1, 0.15) is 51.5 Å². The summed E-state index contributed by atoms with van der Waals surface area (Å²) in [5, 5.41) is 7.14. The highest BCUT2D eigenvalue weighted by molar-refractivity contribution is 7.32. The van der Waals surface area contributed by atoms with Gasteiger partial charge in [0, 0.05) is 25.3 Å². The summed E-state index contributed by atoms with van der Waals surface area (Å²) >= 11 is 0. The molecule has 4 nitrogen and oxygen atoms in total. The fraction of sp³-hybridized carbons (Fsp3) is 0.375. The molecule has 0 aliphatic carbocycles. The molecule has 0 radical (unpaired) electrons. The van der Waals surface area contributed by atoms with E-state index in [2.05, 4.69) is 57.9 Å². The van der Waals surface area contributed by atoms with Crippen molar-refractivity contribution in [3.63, 3.8) is 0 Å². The van der Waals surface area contributed by atoms with Crippen LogP contribution in [0.5, 0.6) is 0 Å². The van der Waals surface area contributed by atoms with Crippen LogP contribution in [0.15, 0.2) is 42.6 Å². The molecule has 0 aliphatic heterocycles. The van der Waals surface area contributed by atoms with Gasteiger partial charge in [0.1, 0.15) is 0 Å². The van der Waals surface area contributed by atoms with Gasteiger partial charge >= 0.3 is 6.03 Å². The van der Waals surface area contributed by atoms with Gasteiger partial charge in [-0.15, -0.1) is 27.7 Å². The summed E-state index contributed by atoms with van der Waals surface area (Å²) in [5.41, 5.74) is 3.01. The molecule has 0 saturated heterocycles. The van der Waals surface area contributed by atoms with Gasteiger partial charge in [0.25, 0.3) is 0 Å². The van der Waals surface area contributed by atoms with Gasteiger partial charge < -0.3 is 15.2 Å². The number of aromatic amines is 1. The lowest BCUT2D eigenvalue weighted by atomic mass is 10.1. The Kier molecular flexibility index (Phi) is 11.0. The molecule has 0 spiro atoms. The van der Waals surface area contributed by atoms with Crippen LogP contribution in [-0.4, -0.2) is 23.0 Å². The summed E-state index contributed by atoms with van der Waals surface area (Å²) in [6, 6.07) is 12.1. The Morgan fingerprint density at radius 3 is 2.23 bits per heavy atom. The van der Waals surface area contributed by atoms with Crippen molar-refractivity contribution in [2.75, 3.05) is 12.4 Å². The molecule has 1 heterocycles. The number of amides is 2. The Hall–Kier alpha value is -1.46. The molecular formula is C24H36N3OP3. The zero-order valence-corrected chi connectivity index (χ0v) is 22.3. The van der Waals surface area contributed by atoms with Crippen LogP contribution in [-0.2, 0) is 6.54 Å². The fourth-order valence-corrected chi connectivity index (χ4v) is 5.06. The number of fused-ring (bicyclic) bond motifs is 1. The molecule has 1 aromatic heterocycles. The second-order valence-electron chi connectivity index (χ2n) is 7.82. The number of carbonyl (C=O) groups is 1.